The highest BCUT2D eigenvalue weighted by molar-refractivity contribution is 7.98. The van der Waals surface area contributed by atoms with Gasteiger partial charge in [0.2, 0.25) is 5.91 Å². The van der Waals surface area contributed by atoms with Crippen LogP contribution in [-0.4, -0.2) is 29.7 Å². The highest BCUT2D eigenvalue weighted by atomic mass is 32.2. The highest BCUT2D eigenvalue weighted by Crippen LogP contribution is 2.22. The summed E-state index contributed by atoms with van der Waals surface area (Å²) in [6, 6.07) is 0. The van der Waals surface area contributed by atoms with Crippen LogP contribution in [0, 0.1) is 0 Å². The van der Waals surface area contributed by atoms with Gasteiger partial charge in [-0.1, -0.05) is 0 Å². The van der Waals surface area contributed by atoms with Gasteiger partial charge in [-0.3, -0.25) is 9.69 Å². The van der Waals surface area contributed by atoms with Crippen LogP contribution < -0.4 is 10.6 Å². The van der Waals surface area contributed by atoms with Gasteiger partial charge >= 0.3 is 0 Å². The molecular weight excluding hydrogens is 242 g/mol. The molecule has 16 heavy (non-hydrogen) atoms. The Morgan fingerprint density at radius 3 is 3.00 bits per heavy atom. The van der Waals surface area contributed by atoms with Crippen molar-refractivity contribution in [3.8, 4) is 0 Å². The summed E-state index contributed by atoms with van der Waals surface area (Å²) >= 11 is 3.28. The molecule has 1 aromatic rings. The summed E-state index contributed by atoms with van der Waals surface area (Å²) in [6.45, 7) is 4.87. The van der Waals surface area contributed by atoms with E-state index in [1.54, 1.807) is 23.6 Å². The monoisotopic (exact) mass is 259 g/mol. The molecule has 0 atom stereocenters. The number of nitrogens with zero attached hydrogens (tertiary/aromatic N) is 2. The van der Waals surface area contributed by atoms with Gasteiger partial charge in [-0.25, -0.2) is 4.98 Å². The lowest BCUT2D eigenvalue weighted by Crippen LogP contribution is -2.27. The van der Waals surface area contributed by atoms with Crippen LogP contribution in [0.1, 0.15) is 19.5 Å². The fourth-order valence-electron chi connectivity index (χ4n) is 1.24. The van der Waals surface area contributed by atoms with Crippen molar-refractivity contribution in [2.45, 2.75) is 19.6 Å². The lowest BCUT2D eigenvalue weighted by atomic mass is 10.5. The molecule has 2 N–H and O–H groups in total. The maximum absolute atomic E-state index is 11.3. The van der Waals surface area contributed by atoms with E-state index in [1.165, 1.54) is 11.3 Å². The molecule has 0 unspecified atom stereocenters. The zero-order chi connectivity index (χ0) is 12.0. The summed E-state index contributed by atoms with van der Waals surface area (Å²) in [6.07, 6.45) is 0. The van der Waals surface area contributed by atoms with Gasteiger partial charge < -0.3 is 5.73 Å². The molecule has 0 aliphatic heterocycles. The maximum atomic E-state index is 11.3. The molecule has 0 radical (unpaired) electrons. The Morgan fingerprint density at radius 1 is 1.69 bits per heavy atom. The van der Waals surface area contributed by atoms with Crippen LogP contribution in [-0.2, 0) is 10.5 Å². The normalized spacial score (nSPS) is 10.4. The van der Waals surface area contributed by atoms with Crippen molar-refractivity contribution in [1.29, 1.82) is 0 Å². The number of thioether (sulfide) groups is 1. The second-order valence-corrected chi connectivity index (χ2v) is 5.17. The van der Waals surface area contributed by atoms with E-state index in [-0.39, 0.29) is 5.91 Å². The SMILES string of the molecule is CCN(C(C)=O)c1nc(CSCCN)cs1. The first kappa shape index (κ1) is 13.5. The second-order valence-electron chi connectivity index (χ2n) is 3.23. The number of amides is 1. The fraction of sp³-hybridized carbons (Fsp3) is 0.600. The van der Waals surface area contributed by atoms with E-state index in [4.69, 9.17) is 5.73 Å². The average Bonchev–Trinajstić information content (AvgIpc) is 2.67. The van der Waals surface area contributed by atoms with Crippen LogP contribution in [0.25, 0.3) is 0 Å². The molecule has 0 fully saturated rings. The van der Waals surface area contributed by atoms with Crippen LogP contribution in [0.5, 0.6) is 0 Å². The predicted octanol–water partition coefficient (Wildman–Crippen LogP) is 1.71. The molecule has 0 saturated heterocycles. The van der Waals surface area contributed by atoms with Crippen molar-refractivity contribution in [2.75, 3.05) is 23.7 Å². The molecule has 0 spiro atoms. The van der Waals surface area contributed by atoms with Crippen LogP contribution in [0.15, 0.2) is 5.38 Å². The molecule has 90 valence electrons. The number of carbonyl (C=O) groups excluding carboxylic acids is 1. The van der Waals surface area contributed by atoms with E-state index < -0.39 is 0 Å². The third-order valence-electron chi connectivity index (χ3n) is 1.98. The minimum atomic E-state index is 0.0398. The number of rotatable bonds is 6. The molecule has 0 bridgehead atoms. The molecule has 1 rings (SSSR count). The van der Waals surface area contributed by atoms with Crippen LogP contribution in [0.4, 0.5) is 5.13 Å². The Labute approximate surface area is 104 Å². The Morgan fingerprint density at radius 2 is 2.44 bits per heavy atom. The van der Waals surface area contributed by atoms with E-state index in [1.807, 2.05) is 12.3 Å². The van der Waals surface area contributed by atoms with Crippen LogP contribution in [0.2, 0.25) is 0 Å². The second kappa shape index (κ2) is 6.88. The summed E-state index contributed by atoms with van der Waals surface area (Å²) in [5.74, 6) is 1.85. The minimum absolute atomic E-state index is 0.0398. The van der Waals surface area contributed by atoms with Gasteiger partial charge in [-0.05, 0) is 6.92 Å². The third kappa shape index (κ3) is 3.77. The molecular formula is C10H17N3OS2. The first-order valence-corrected chi connectivity index (χ1v) is 7.22. The number of thiazole rings is 1. The lowest BCUT2D eigenvalue weighted by Gasteiger charge is -2.14. The van der Waals surface area contributed by atoms with Gasteiger partial charge in [0.25, 0.3) is 0 Å². The number of anilines is 1. The number of hydrogen-bond donors (Lipinski definition) is 1. The minimum Gasteiger partial charge on any atom is -0.330 e. The van der Waals surface area contributed by atoms with Gasteiger partial charge in [0.15, 0.2) is 5.13 Å². The number of carbonyl (C=O) groups is 1. The van der Waals surface area contributed by atoms with Crippen molar-refractivity contribution in [2.24, 2.45) is 5.73 Å². The molecule has 4 nitrogen and oxygen atoms in total. The van der Waals surface area contributed by atoms with Crippen molar-refractivity contribution in [3.63, 3.8) is 0 Å². The van der Waals surface area contributed by atoms with Crippen LogP contribution in [0.3, 0.4) is 0 Å². The summed E-state index contributed by atoms with van der Waals surface area (Å²) in [5, 5.41) is 2.79. The Balaban J connectivity index is 2.59. The molecule has 0 saturated carbocycles. The molecule has 1 amide bonds. The van der Waals surface area contributed by atoms with Gasteiger partial charge in [-0.15, -0.1) is 11.3 Å². The van der Waals surface area contributed by atoms with Crippen LogP contribution >= 0.6 is 23.1 Å². The number of aromatic nitrogens is 1. The number of hydrogen-bond acceptors (Lipinski definition) is 5. The third-order valence-corrected chi connectivity index (χ3v) is 3.92. The smallest absolute Gasteiger partial charge is 0.225 e. The lowest BCUT2D eigenvalue weighted by molar-refractivity contribution is -0.116. The fourth-order valence-corrected chi connectivity index (χ4v) is 2.95. The zero-order valence-electron chi connectivity index (χ0n) is 9.60. The van der Waals surface area contributed by atoms with Gasteiger partial charge in [0.1, 0.15) is 0 Å². The maximum Gasteiger partial charge on any atom is 0.225 e. The highest BCUT2D eigenvalue weighted by Gasteiger charge is 2.12. The molecule has 1 heterocycles. The summed E-state index contributed by atoms with van der Waals surface area (Å²) in [4.78, 5) is 17.4. The molecule has 0 aliphatic carbocycles. The Hall–Kier alpha value is -0.590. The van der Waals surface area contributed by atoms with Crippen molar-refractivity contribution in [3.05, 3.63) is 11.1 Å². The number of nitrogens with two attached hydrogens (primary N) is 1. The van der Waals surface area contributed by atoms with Gasteiger partial charge in [0.05, 0.1) is 5.69 Å². The molecule has 6 heteroatoms. The van der Waals surface area contributed by atoms with Gasteiger partial charge in [-0.2, -0.15) is 11.8 Å². The first-order valence-electron chi connectivity index (χ1n) is 5.19. The standard InChI is InChI=1S/C10H17N3OS2/c1-3-13(8(2)14)10-12-9(7-16-10)6-15-5-4-11/h7H,3-6,11H2,1-2H3. The Bertz CT molecular complexity index is 341. The zero-order valence-corrected chi connectivity index (χ0v) is 11.2. The van der Waals surface area contributed by atoms with E-state index >= 15 is 0 Å². The van der Waals surface area contributed by atoms with E-state index in [9.17, 15) is 4.79 Å². The van der Waals surface area contributed by atoms with Crippen molar-refractivity contribution >= 4 is 34.1 Å². The Kier molecular flexibility index (Phi) is 5.79. The van der Waals surface area contributed by atoms with Crippen molar-refractivity contribution in [1.82, 2.24) is 4.98 Å². The topological polar surface area (TPSA) is 59.2 Å². The first-order chi connectivity index (χ1) is 7.69. The summed E-state index contributed by atoms with van der Waals surface area (Å²) in [7, 11) is 0. The summed E-state index contributed by atoms with van der Waals surface area (Å²) < 4.78 is 0. The quantitative estimate of drug-likeness (QED) is 0.790. The van der Waals surface area contributed by atoms with Gasteiger partial charge in [0, 0.05) is 36.9 Å². The van der Waals surface area contributed by atoms with E-state index in [0.29, 0.717) is 13.1 Å². The van der Waals surface area contributed by atoms with Crippen molar-refractivity contribution < 1.29 is 4.79 Å². The molecule has 0 aliphatic rings. The predicted molar refractivity (Wildman–Crippen MR) is 71.0 cm³/mol. The van der Waals surface area contributed by atoms with E-state index in [0.717, 1.165) is 22.3 Å². The molecule has 1 aromatic heterocycles. The average molecular weight is 259 g/mol. The largest absolute Gasteiger partial charge is 0.330 e. The van der Waals surface area contributed by atoms with E-state index in [2.05, 4.69) is 4.98 Å². The molecule has 0 aromatic carbocycles. The summed E-state index contributed by atoms with van der Waals surface area (Å²) in [5.41, 5.74) is 6.44.